The van der Waals surface area contributed by atoms with E-state index in [9.17, 15) is 5.11 Å². The van der Waals surface area contributed by atoms with Crippen LogP contribution >= 0.6 is 0 Å². The Morgan fingerprint density at radius 2 is 2.08 bits per heavy atom. The van der Waals surface area contributed by atoms with Crippen molar-refractivity contribution in [1.82, 2.24) is 4.90 Å². The zero-order valence-electron chi connectivity index (χ0n) is 8.02. The van der Waals surface area contributed by atoms with Gasteiger partial charge >= 0.3 is 0 Å². The minimum atomic E-state index is -0.0867. The van der Waals surface area contributed by atoms with Gasteiger partial charge in [0, 0.05) is 19.2 Å². The highest BCUT2D eigenvalue weighted by Gasteiger charge is 2.41. The molecule has 0 aromatic carbocycles. The Hall–Kier alpha value is -0.120. The Balaban J connectivity index is 1.80. The summed E-state index contributed by atoms with van der Waals surface area (Å²) in [5.74, 6) is 0.523. The Kier molecular flexibility index (Phi) is 2.86. The molecule has 13 heavy (non-hydrogen) atoms. The maximum atomic E-state index is 9.46. The van der Waals surface area contributed by atoms with Gasteiger partial charge in [-0.2, -0.15) is 0 Å². The SMILES string of the molecule is OCC1CC1N1CCCC(O)CC1. The molecule has 0 aromatic rings. The van der Waals surface area contributed by atoms with Gasteiger partial charge in [-0.3, -0.25) is 4.90 Å². The summed E-state index contributed by atoms with van der Waals surface area (Å²) in [5.41, 5.74) is 0. The average molecular weight is 185 g/mol. The van der Waals surface area contributed by atoms with Gasteiger partial charge < -0.3 is 10.2 Å². The molecule has 1 saturated heterocycles. The van der Waals surface area contributed by atoms with Crippen molar-refractivity contribution in [3.63, 3.8) is 0 Å². The molecule has 3 nitrogen and oxygen atoms in total. The molecule has 1 saturated carbocycles. The normalized spacial score (nSPS) is 41.5. The maximum absolute atomic E-state index is 9.46. The summed E-state index contributed by atoms with van der Waals surface area (Å²) in [6.07, 6.45) is 4.04. The zero-order valence-corrected chi connectivity index (χ0v) is 8.02. The van der Waals surface area contributed by atoms with Gasteiger partial charge in [-0.25, -0.2) is 0 Å². The highest BCUT2D eigenvalue weighted by molar-refractivity contribution is 4.95. The summed E-state index contributed by atoms with van der Waals surface area (Å²) in [7, 11) is 0. The Labute approximate surface area is 79.4 Å². The van der Waals surface area contributed by atoms with Gasteiger partial charge in [0.15, 0.2) is 0 Å². The van der Waals surface area contributed by atoms with E-state index in [0.717, 1.165) is 38.8 Å². The average Bonchev–Trinajstić information content (AvgIpc) is 2.88. The van der Waals surface area contributed by atoms with E-state index in [1.807, 2.05) is 0 Å². The fourth-order valence-electron chi connectivity index (χ4n) is 2.31. The monoisotopic (exact) mass is 185 g/mol. The molecule has 1 heterocycles. The summed E-state index contributed by atoms with van der Waals surface area (Å²) in [5, 5.41) is 18.4. The smallest absolute Gasteiger partial charge is 0.0553 e. The summed E-state index contributed by atoms with van der Waals surface area (Å²) in [4.78, 5) is 2.44. The summed E-state index contributed by atoms with van der Waals surface area (Å²) in [6, 6.07) is 0.621. The molecular weight excluding hydrogens is 166 g/mol. The number of rotatable bonds is 2. The second-order valence-corrected chi connectivity index (χ2v) is 4.37. The van der Waals surface area contributed by atoms with Crippen molar-refractivity contribution in [2.45, 2.75) is 37.8 Å². The predicted molar refractivity (Wildman–Crippen MR) is 50.4 cm³/mol. The van der Waals surface area contributed by atoms with Crippen molar-refractivity contribution in [2.24, 2.45) is 5.92 Å². The summed E-state index contributed by atoms with van der Waals surface area (Å²) >= 11 is 0. The molecule has 2 aliphatic rings. The molecule has 1 aliphatic carbocycles. The van der Waals surface area contributed by atoms with E-state index in [1.165, 1.54) is 0 Å². The van der Waals surface area contributed by atoms with Crippen LogP contribution < -0.4 is 0 Å². The van der Waals surface area contributed by atoms with Gasteiger partial charge in [0.2, 0.25) is 0 Å². The molecule has 0 amide bonds. The minimum Gasteiger partial charge on any atom is -0.396 e. The first-order chi connectivity index (χ1) is 6.31. The fraction of sp³-hybridized carbons (Fsp3) is 1.00. The van der Waals surface area contributed by atoms with Gasteiger partial charge in [-0.15, -0.1) is 0 Å². The number of aliphatic hydroxyl groups excluding tert-OH is 2. The van der Waals surface area contributed by atoms with Crippen molar-refractivity contribution < 1.29 is 10.2 Å². The number of hydrogen-bond donors (Lipinski definition) is 2. The summed E-state index contributed by atoms with van der Waals surface area (Å²) < 4.78 is 0. The molecule has 3 unspecified atom stereocenters. The third-order valence-electron chi connectivity index (χ3n) is 3.32. The van der Waals surface area contributed by atoms with Crippen LogP contribution in [0.4, 0.5) is 0 Å². The van der Waals surface area contributed by atoms with E-state index < -0.39 is 0 Å². The van der Waals surface area contributed by atoms with Crippen LogP contribution in [-0.4, -0.2) is 47.0 Å². The number of likely N-dealkylation sites (tertiary alicyclic amines) is 1. The highest BCUT2D eigenvalue weighted by Crippen LogP contribution is 2.36. The molecule has 0 radical (unpaired) electrons. The lowest BCUT2D eigenvalue weighted by Gasteiger charge is -2.19. The molecular formula is C10H19NO2. The van der Waals surface area contributed by atoms with E-state index in [4.69, 9.17) is 5.11 Å². The first-order valence-electron chi connectivity index (χ1n) is 5.34. The van der Waals surface area contributed by atoms with Crippen LogP contribution in [-0.2, 0) is 0 Å². The van der Waals surface area contributed by atoms with Crippen molar-refractivity contribution in [3.8, 4) is 0 Å². The van der Waals surface area contributed by atoms with Crippen LogP contribution in [0.1, 0.15) is 25.7 Å². The Bertz CT molecular complexity index is 174. The third kappa shape index (κ3) is 2.22. The molecule has 3 heteroatoms. The van der Waals surface area contributed by atoms with E-state index in [-0.39, 0.29) is 6.10 Å². The van der Waals surface area contributed by atoms with Crippen LogP contribution in [0.25, 0.3) is 0 Å². The van der Waals surface area contributed by atoms with Crippen molar-refractivity contribution in [3.05, 3.63) is 0 Å². The van der Waals surface area contributed by atoms with Gasteiger partial charge in [-0.1, -0.05) is 0 Å². The van der Waals surface area contributed by atoms with Crippen molar-refractivity contribution >= 4 is 0 Å². The molecule has 3 atom stereocenters. The topological polar surface area (TPSA) is 43.7 Å². The third-order valence-corrected chi connectivity index (χ3v) is 3.32. The van der Waals surface area contributed by atoms with E-state index in [1.54, 1.807) is 0 Å². The lowest BCUT2D eigenvalue weighted by Crippen LogP contribution is -2.29. The molecule has 0 bridgehead atoms. The van der Waals surface area contributed by atoms with E-state index >= 15 is 0 Å². The first kappa shape index (κ1) is 9.44. The largest absolute Gasteiger partial charge is 0.396 e. The van der Waals surface area contributed by atoms with Gasteiger partial charge in [0.25, 0.3) is 0 Å². The van der Waals surface area contributed by atoms with Crippen LogP contribution in [0.15, 0.2) is 0 Å². The van der Waals surface area contributed by atoms with Gasteiger partial charge in [-0.05, 0) is 38.1 Å². The predicted octanol–water partition coefficient (Wildman–Crippen LogP) is 0.214. The Morgan fingerprint density at radius 3 is 2.77 bits per heavy atom. The van der Waals surface area contributed by atoms with Crippen LogP contribution in [0.2, 0.25) is 0 Å². The Morgan fingerprint density at radius 1 is 1.23 bits per heavy atom. The zero-order chi connectivity index (χ0) is 9.26. The van der Waals surface area contributed by atoms with Crippen molar-refractivity contribution in [2.75, 3.05) is 19.7 Å². The fourth-order valence-corrected chi connectivity index (χ4v) is 2.31. The maximum Gasteiger partial charge on any atom is 0.0553 e. The molecule has 2 fully saturated rings. The second kappa shape index (κ2) is 3.95. The quantitative estimate of drug-likeness (QED) is 0.646. The molecule has 76 valence electrons. The molecule has 0 aromatic heterocycles. The number of aliphatic hydroxyl groups is 2. The molecule has 2 rings (SSSR count). The van der Waals surface area contributed by atoms with Crippen molar-refractivity contribution in [1.29, 1.82) is 0 Å². The van der Waals surface area contributed by atoms with Gasteiger partial charge in [0.1, 0.15) is 0 Å². The molecule has 1 aliphatic heterocycles. The van der Waals surface area contributed by atoms with Crippen LogP contribution in [0.3, 0.4) is 0 Å². The minimum absolute atomic E-state index is 0.0867. The highest BCUT2D eigenvalue weighted by atomic mass is 16.3. The number of nitrogens with zero attached hydrogens (tertiary/aromatic N) is 1. The lowest BCUT2D eigenvalue weighted by molar-refractivity contribution is 0.152. The second-order valence-electron chi connectivity index (χ2n) is 4.37. The van der Waals surface area contributed by atoms with Crippen LogP contribution in [0, 0.1) is 5.92 Å². The number of hydrogen-bond acceptors (Lipinski definition) is 3. The van der Waals surface area contributed by atoms with E-state index in [0.29, 0.717) is 18.6 Å². The lowest BCUT2D eigenvalue weighted by atomic mass is 10.2. The molecule has 0 spiro atoms. The standard InChI is InChI=1S/C10H19NO2/c12-7-8-6-10(8)11-4-1-2-9(13)3-5-11/h8-10,12-13H,1-7H2. The summed E-state index contributed by atoms with van der Waals surface area (Å²) in [6.45, 7) is 2.46. The van der Waals surface area contributed by atoms with Crippen LogP contribution in [0.5, 0.6) is 0 Å². The van der Waals surface area contributed by atoms with Gasteiger partial charge in [0.05, 0.1) is 6.10 Å². The first-order valence-corrected chi connectivity index (χ1v) is 5.34. The van der Waals surface area contributed by atoms with E-state index in [2.05, 4.69) is 4.90 Å². The molecule has 2 N–H and O–H groups in total.